The zero-order valence-electron chi connectivity index (χ0n) is 11.8. The number of benzene rings is 2. The molecule has 6 nitrogen and oxygen atoms in total. The van der Waals surface area contributed by atoms with E-state index >= 15 is 0 Å². The van der Waals surface area contributed by atoms with Gasteiger partial charge in [-0.25, -0.2) is 4.52 Å². The minimum Gasteiger partial charge on any atom is -0.733 e. The first-order valence-electron chi connectivity index (χ1n) is 6.88. The van der Waals surface area contributed by atoms with Crippen molar-refractivity contribution in [1.29, 1.82) is 0 Å². The maximum Gasteiger partial charge on any atom is 0.213 e. The lowest BCUT2D eigenvalue weighted by molar-refractivity contribution is 0.296. The number of anilines is 1. The minimum absolute atomic E-state index is 0.157. The quantitative estimate of drug-likeness (QED) is 0.580. The third-order valence-electron chi connectivity index (χ3n) is 3.50. The minimum atomic E-state index is -0.157. The van der Waals surface area contributed by atoms with Crippen molar-refractivity contribution >= 4 is 22.0 Å². The molecule has 2 heterocycles. The van der Waals surface area contributed by atoms with Gasteiger partial charge in [0.25, 0.3) is 0 Å². The van der Waals surface area contributed by atoms with Crippen LogP contribution in [0.25, 0.3) is 27.6 Å². The molecule has 2 aromatic carbocycles. The first kappa shape index (κ1) is 13.9. The summed E-state index contributed by atoms with van der Waals surface area (Å²) in [4.78, 5) is 5.35. The normalized spacial score (nSPS) is 11.0. The van der Waals surface area contributed by atoms with Crippen molar-refractivity contribution in [3.63, 3.8) is 0 Å². The molecule has 0 aliphatic heterocycles. The summed E-state index contributed by atoms with van der Waals surface area (Å²) in [6.07, 6.45) is 0. The molecule has 0 saturated heterocycles. The van der Waals surface area contributed by atoms with E-state index in [1.807, 2.05) is 35.7 Å². The monoisotopic (exact) mass is 323 g/mol. The highest BCUT2D eigenvalue weighted by molar-refractivity contribution is 7.15. The summed E-state index contributed by atoms with van der Waals surface area (Å²) in [6, 6.07) is 16.4. The van der Waals surface area contributed by atoms with Gasteiger partial charge in [-0.3, -0.25) is 5.21 Å². The van der Waals surface area contributed by atoms with Crippen LogP contribution in [0.5, 0.6) is 0 Å². The Labute approximate surface area is 135 Å². The Hall–Kier alpha value is -2.74. The molecule has 0 aliphatic carbocycles. The van der Waals surface area contributed by atoms with Crippen LogP contribution >= 0.6 is 11.3 Å². The van der Waals surface area contributed by atoms with Gasteiger partial charge in [-0.05, 0) is 12.1 Å². The summed E-state index contributed by atoms with van der Waals surface area (Å²) in [5, 5.41) is 26.1. The van der Waals surface area contributed by atoms with Crippen LogP contribution in [0.1, 0.15) is 0 Å². The van der Waals surface area contributed by atoms with E-state index < -0.39 is 0 Å². The molecule has 0 saturated carbocycles. The van der Waals surface area contributed by atoms with Crippen LogP contribution in [0, 0.1) is 5.21 Å². The molecule has 23 heavy (non-hydrogen) atoms. The smallest absolute Gasteiger partial charge is 0.213 e. The second kappa shape index (κ2) is 5.47. The average molecular weight is 323 g/mol. The van der Waals surface area contributed by atoms with E-state index in [0.29, 0.717) is 5.82 Å². The number of hydrogen-bond donors (Lipinski definition) is 1. The van der Waals surface area contributed by atoms with Gasteiger partial charge in [-0.2, -0.15) is 4.98 Å². The summed E-state index contributed by atoms with van der Waals surface area (Å²) in [5.74, 6) is 0.677. The highest BCUT2D eigenvalue weighted by Crippen LogP contribution is 2.28. The molecular formula is C16H11N4O2S-. The molecule has 0 atom stereocenters. The second-order valence-corrected chi connectivity index (χ2v) is 5.77. The van der Waals surface area contributed by atoms with Crippen molar-refractivity contribution in [2.75, 3.05) is 5.23 Å². The number of rotatable bonds is 3. The fourth-order valence-electron chi connectivity index (χ4n) is 2.35. The fourth-order valence-corrected chi connectivity index (χ4v) is 3.18. The third-order valence-corrected chi connectivity index (χ3v) is 4.31. The fraction of sp³-hybridized carbons (Fsp3) is 0. The Bertz CT molecular complexity index is 945. The number of hydrogen-bond acceptors (Lipinski definition) is 6. The standard InChI is InChI=1S/C16H11N4O2S/c21-20(22)13-8-6-11(7-9-13)14-10-23-16-17-15(18-19(14)16)12-4-2-1-3-5-12/h1-10,21H/q-1. The van der Waals surface area contributed by atoms with Crippen LogP contribution in [0.4, 0.5) is 5.69 Å². The van der Waals surface area contributed by atoms with Crippen molar-refractivity contribution in [2.24, 2.45) is 0 Å². The molecule has 0 fully saturated rings. The topological polar surface area (TPSA) is 76.7 Å². The Morgan fingerprint density at radius 1 is 1.00 bits per heavy atom. The summed E-state index contributed by atoms with van der Waals surface area (Å²) >= 11 is 1.50. The van der Waals surface area contributed by atoms with E-state index in [0.717, 1.165) is 21.8 Å². The average Bonchev–Trinajstić information content (AvgIpc) is 3.16. The van der Waals surface area contributed by atoms with E-state index in [4.69, 9.17) is 5.21 Å². The Morgan fingerprint density at radius 3 is 2.43 bits per heavy atom. The molecule has 4 rings (SSSR count). The van der Waals surface area contributed by atoms with Crippen LogP contribution < -0.4 is 5.23 Å². The molecular weight excluding hydrogens is 312 g/mol. The number of fused-ring (bicyclic) bond motifs is 1. The van der Waals surface area contributed by atoms with Crippen LogP contribution in [0.3, 0.4) is 0 Å². The lowest BCUT2D eigenvalue weighted by Gasteiger charge is -2.21. The molecule has 4 aromatic rings. The predicted octanol–water partition coefficient (Wildman–Crippen LogP) is 3.82. The molecule has 0 amide bonds. The summed E-state index contributed by atoms with van der Waals surface area (Å²) in [7, 11) is 0. The van der Waals surface area contributed by atoms with E-state index in [9.17, 15) is 5.21 Å². The van der Waals surface area contributed by atoms with Crippen molar-refractivity contribution in [3.8, 4) is 22.6 Å². The Balaban J connectivity index is 1.77. The van der Waals surface area contributed by atoms with Gasteiger partial charge in [0.1, 0.15) is 0 Å². The molecule has 7 heteroatoms. The van der Waals surface area contributed by atoms with Gasteiger partial charge < -0.3 is 10.4 Å². The van der Waals surface area contributed by atoms with Crippen molar-refractivity contribution in [2.45, 2.75) is 0 Å². The Morgan fingerprint density at radius 2 is 1.74 bits per heavy atom. The lowest BCUT2D eigenvalue weighted by atomic mass is 10.1. The Kier molecular flexibility index (Phi) is 3.30. The molecule has 0 unspecified atom stereocenters. The largest absolute Gasteiger partial charge is 0.733 e. The molecule has 114 valence electrons. The maximum absolute atomic E-state index is 10.9. The molecule has 0 radical (unpaired) electrons. The van der Waals surface area contributed by atoms with E-state index in [1.54, 1.807) is 28.8 Å². The number of nitrogens with zero attached hydrogens (tertiary/aromatic N) is 4. The summed E-state index contributed by atoms with van der Waals surface area (Å²) in [5.41, 5.74) is 2.93. The molecule has 0 spiro atoms. The first-order chi connectivity index (χ1) is 11.2. The van der Waals surface area contributed by atoms with Gasteiger partial charge in [0.2, 0.25) is 4.96 Å². The van der Waals surface area contributed by atoms with E-state index in [-0.39, 0.29) is 10.9 Å². The molecule has 0 aliphatic rings. The third kappa shape index (κ3) is 2.46. The highest BCUT2D eigenvalue weighted by Gasteiger charge is 2.12. The molecule has 0 bridgehead atoms. The molecule has 1 N–H and O–H groups in total. The van der Waals surface area contributed by atoms with Crippen molar-refractivity contribution < 1.29 is 5.21 Å². The second-order valence-electron chi connectivity index (χ2n) is 4.94. The number of thiazole rings is 1. The van der Waals surface area contributed by atoms with Crippen molar-refractivity contribution in [1.82, 2.24) is 14.6 Å². The SMILES string of the molecule is [O-]N(O)c1ccc(-c2csc3nc(-c4ccccc4)nn23)cc1. The lowest BCUT2D eigenvalue weighted by Crippen LogP contribution is -2.06. The van der Waals surface area contributed by atoms with Crippen molar-refractivity contribution in [3.05, 3.63) is 65.2 Å². The maximum atomic E-state index is 10.9. The zero-order chi connectivity index (χ0) is 15.8. The van der Waals surface area contributed by atoms with Gasteiger partial charge in [0.05, 0.1) is 11.4 Å². The van der Waals surface area contributed by atoms with Gasteiger partial charge in [0.15, 0.2) is 5.82 Å². The van der Waals surface area contributed by atoms with Gasteiger partial charge in [-0.1, -0.05) is 42.5 Å². The number of aromatic nitrogens is 3. The summed E-state index contributed by atoms with van der Waals surface area (Å²) < 4.78 is 1.79. The molecule has 2 aromatic heterocycles. The van der Waals surface area contributed by atoms with Gasteiger partial charge in [-0.15, -0.1) is 16.4 Å². The van der Waals surface area contributed by atoms with Crippen LogP contribution in [-0.2, 0) is 0 Å². The van der Waals surface area contributed by atoms with Gasteiger partial charge >= 0.3 is 0 Å². The van der Waals surface area contributed by atoms with Gasteiger partial charge in [0, 0.05) is 16.5 Å². The first-order valence-corrected chi connectivity index (χ1v) is 7.76. The zero-order valence-corrected chi connectivity index (χ0v) is 12.6. The van der Waals surface area contributed by atoms with Crippen LogP contribution in [-0.4, -0.2) is 19.8 Å². The van der Waals surface area contributed by atoms with Crippen LogP contribution in [0.2, 0.25) is 0 Å². The van der Waals surface area contributed by atoms with E-state index in [1.165, 1.54) is 11.3 Å². The highest BCUT2D eigenvalue weighted by atomic mass is 32.1. The predicted molar refractivity (Wildman–Crippen MR) is 89.4 cm³/mol. The van der Waals surface area contributed by atoms with E-state index in [2.05, 4.69) is 10.1 Å². The van der Waals surface area contributed by atoms with Crippen LogP contribution in [0.15, 0.2) is 60.0 Å². The summed E-state index contributed by atoms with van der Waals surface area (Å²) in [6.45, 7) is 0.